The number of anilines is 1. The van der Waals surface area contributed by atoms with Gasteiger partial charge >= 0.3 is 0 Å². The van der Waals surface area contributed by atoms with Crippen LogP contribution in [0.5, 0.6) is 0 Å². The first-order valence-electron chi connectivity index (χ1n) is 6.62. The SMILES string of the molecule is CCCc1cc(NCC(C)(C)CN(C)C)ncn1. The molecule has 0 saturated heterocycles. The minimum absolute atomic E-state index is 0.222. The molecule has 0 aromatic carbocycles. The Morgan fingerprint density at radius 2 is 2.00 bits per heavy atom. The Kier molecular flexibility index (Phi) is 5.54. The van der Waals surface area contributed by atoms with Crippen molar-refractivity contribution in [2.24, 2.45) is 5.41 Å². The van der Waals surface area contributed by atoms with E-state index < -0.39 is 0 Å². The van der Waals surface area contributed by atoms with Gasteiger partial charge in [0.15, 0.2) is 0 Å². The molecule has 102 valence electrons. The van der Waals surface area contributed by atoms with Crippen molar-refractivity contribution in [3.63, 3.8) is 0 Å². The highest BCUT2D eigenvalue weighted by atomic mass is 15.1. The molecule has 0 atom stereocenters. The fraction of sp³-hybridized carbons (Fsp3) is 0.714. The van der Waals surface area contributed by atoms with E-state index in [4.69, 9.17) is 0 Å². The van der Waals surface area contributed by atoms with Crippen molar-refractivity contribution in [3.8, 4) is 0 Å². The van der Waals surface area contributed by atoms with Crippen LogP contribution in [0, 0.1) is 5.41 Å². The standard InChI is InChI=1S/C14H26N4/c1-6-7-12-8-13(17-11-16-12)15-9-14(2,3)10-18(4)5/h8,11H,6-7,9-10H2,1-5H3,(H,15,16,17). The first kappa shape index (κ1) is 14.9. The van der Waals surface area contributed by atoms with E-state index >= 15 is 0 Å². The predicted octanol–water partition coefficient (Wildman–Crippen LogP) is 2.43. The summed E-state index contributed by atoms with van der Waals surface area (Å²) in [5, 5.41) is 3.41. The van der Waals surface area contributed by atoms with Crippen LogP contribution in [0.1, 0.15) is 32.9 Å². The molecule has 0 radical (unpaired) electrons. The van der Waals surface area contributed by atoms with E-state index in [0.717, 1.165) is 37.4 Å². The number of nitrogens with zero attached hydrogens (tertiary/aromatic N) is 3. The second-order valence-corrected chi connectivity index (χ2v) is 5.90. The number of aromatic nitrogens is 2. The van der Waals surface area contributed by atoms with Gasteiger partial charge in [-0.3, -0.25) is 0 Å². The van der Waals surface area contributed by atoms with Crippen LogP contribution < -0.4 is 5.32 Å². The minimum atomic E-state index is 0.222. The van der Waals surface area contributed by atoms with Crippen LogP contribution in [0.2, 0.25) is 0 Å². The Balaban J connectivity index is 2.54. The zero-order valence-electron chi connectivity index (χ0n) is 12.3. The summed E-state index contributed by atoms with van der Waals surface area (Å²) in [5.41, 5.74) is 1.33. The van der Waals surface area contributed by atoms with Gasteiger partial charge in [-0.1, -0.05) is 27.2 Å². The zero-order valence-corrected chi connectivity index (χ0v) is 12.3. The summed E-state index contributed by atoms with van der Waals surface area (Å²) < 4.78 is 0. The quantitative estimate of drug-likeness (QED) is 0.807. The van der Waals surface area contributed by atoms with Crippen molar-refractivity contribution in [3.05, 3.63) is 18.1 Å². The average molecular weight is 250 g/mol. The third-order valence-electron chi connectivity index (χ3n) is 2.72. The molecule has 1 aromatic heterocycles. The van der Waals surface area contributed by atoms with E-state index in [9.17, 15) is 0 Å². The van der Waals surface area contributed by atoms with Gasteiger partial charge < -0.3 is 10.2 Å². The summed E-state index contributed by atoms with van der Waals surface area (Å²) in [4.78, 5) is 10.7. The molecule has 4 heteroatoms. The highest BCUT2D eigenvalue weighted by molar-refractivity contribution is 5.35. The summed E-state index contributed by atoms with van der Waals surface area (Å²) >= 11 is 0. The average Bonchev–Trinajstić information content (AvgIpc) is 2.26. The van der Waals surface area contributed by atoms with Crippen LogP contribution in [0.4, 0.5) is 5.82 Å². The molecule has 1 aromatic rings. The largest absolute Gasteiger partial charge is 0.369 e. The summed E-state index contributed by atoms with van der Waals surface area (Å²) in [5.74, 6) is 0.931. The molecule has 4 nitrogen and oxygen atoms in total. The van der Waals surface area contributed by atoms with Gasteiger partial charge in [-0.25, -0.2) is 9.97 Å². The third-order valence-corrected chi connectivity index (χ3v) is 2.72. The van der Waals surface area contributed by atoms with E-state index in [1.54, 1.807) is 6.33 Å². The van der Waals surface area contributed by atoms with E-state index in [2.05, 4.69) is 61.1 Å². The fourth-order valence-corrected chi connectivity index (χ4v) is 2.13. The number of rotatable bonds is 7. The van der Waals surface area contributed by atoms with E-state index in [1.165, 1.54) is 0 Å². The monoisotopic (exact) mass is 250 g/mol. The number of aryl methyl sites for hydroxylation is 1. The van der Waals surface area contributed by atoms with Gasteiger partial charge in [-0.2, -0.15) is 0 Å². The van der Waals surface area contributed by atoms with Crippen molar-refractivity contribution in [2.45, 2.75) is 33.6 Å². The van der Waals surface area contributed by atoms with Crippen molar-refractivity contribution in [2.75, 3.05) is 32.5 Å². The molecule has 18 heavy (non-hydrogen) atoms. The van der Waals surface area contributed by atoms with Crippen LogP contribution in [0.15, 0.2) is 12.4 Å². The highest BCUT2D eigenvalue weighted by Gasteiger charge is 2.18. The highest BCUT2D eigenvalue weighted by Crippen LogP contribution is 2.17. The summed E-state index contributed by atoms with van der Waals surface area (Å²) in [6, 6.07) is 2.05. The molecule has 0 fully saturated rings. The summed E-state index contributed by atoms with van der Waals surface area (Å²) in [6.07, 6.45) is 3.77. The summed E-state index contributed by atoms with van der Waals surface area (Å²) in [6.45, 7) is 8.64. The minimum Gasteiger partial charge on any atom is -0.369 e. The molecule has 0 spiro atoms. The lowest BCUT2D eigenvalue weighted by Gasteiger charge is -2.28. The van der Waals surface area contributed by atoms with Crippen molar-refractivity contribution in [1.82, 2.24) is 14.9 Å². The molecular weight excluding hydrogens is 224 g/mol. The maximum atomic E-state index is 4.27. The molecular formula is C14H26N4. The van der Waals surface area contributed by atoms with Crippen LogP contribution in [-0.4, -0.2) is 42.1 Å². The van der Waals surface area contributed by atoms with Gasteiger partial charge in [-0.15, -0.1) is 0 Å². The third kappa shape index (κ3) is 5.45. The van der Waals surface area contributed by atoms with Crippen LogP contribution >= 0.6 is 0 Å². The Hall–Kier alpha value is -1.16. The maximum Gasteiger partial charge on any atom is 0.129 e. The topological polar surface area (TPSA) is 41.0 Å². The van der Waals surface area contributed by atoms with Crippen molar-refractivity contribution in [1.29, 1.82) is 0 Å². The van der Waals surface area contributed by atoms with Crippen molar-refractivity contribution >= 4 is 5.82 Å². The molecule has 0 amide bonds. The molecule has 1 rings (SSSR count). The fourth-order valence-electron chi connectivity index (χ4n) is 2.13. The lowest BCUT2D eigenvalue weighted by Crippen LogP contribution is -2.34. The molecule has 1 heterocycles. The Morgan fingerprint density at radius 3 is 2.61 bits per heavy atom. The maximum absolute atomic E-state index is 4.27. The number of nitrogens with one attached hydrogen (secondary N) is 1. The van der Waals surface area contributed by atoms with E-state index in [-0.39, 0.29) is 5.41 Å². The Bertz CT molecular complexity index is 361. The molecule has 0 aliphatic rings. The van der Waals surface area contributed by atoms with E-state index in [1.807, 2.05) is 0 Å². The van der Waals surface area contributed by atoms with Gasteiger partial charge in [0.1, 0.15) is 12.1 Å². The molecule has 0 bridgehead atoms. The predicted molar refractivity (Wildman–Crippen MR) is 76.9 cm³/mol. The van der Waals surface area contributed by atoms with Crippen molar-refractivity contribution < 1.29 is 0 Å². The zero-order chi connectivity index (χ0) is 13.6. The first-order valence-corrected chi connectivity index (χ1v) is 6.62. The molecule has 0 aliphatic heterocycles. The second kappa shape index (κ2) is 6.69. The number of hydrogen-bond acceptors (Lipinski definition) is 4. The summed E-state index contributed by atoms with van der Waals surface area (Å²) in [7, 11) is 4.21. The van der Waals surface area contributed by atoms with Gasteiger partial charge in [0.2, 0.25) is 0 Å². The second-order valence-electron chi connectivity index (χ2n) is 5.90. The van der Waals surface area contributed by atoms with E-state index in [0.29, 0.717) is 0 Å². The number of hydrogen-bond donors (Lipinski definition) is 1. The lowest BCUT2D eigenvalue weighted by atomic mass is 9.93. The molecule has 0 unspecified atom stereocenters. The molecule has 1 N–H and O–H groups in total. The molecule has 0 aliphatic carbocycles. The first-order chi connectivity index (χ1) is 8.43. The van der Waals surface area contributed by atoms with Gasteiger partial charge in [0.25, 0.3) is 0 Å². The van der Waals surface area contributed by atoms with Crippen LogP contribution in [0.25, 0.3) is 0 Å². The smallest absolute Gasteiger partial charge is 0.129 e. The normalized spacial score (nSPS) is 11.9. The van der Waals surface area contributed by atoms with Gasteiger partial charge in [-0.05, 0) is 25.9 Å². The Labute approximate surface area is 111 Å². The van der Waals surface area contributed by atoms with Crippen LogP contribution in [-0.2, 0) is 6.42 Å². The van der Waals surface area contributed by atoms with Crippen LogP contribution in [0.3, 0.4) is 0 Å². The van der Waals surface area contributed by atoms with Gasteiger partial charge in [0, 0.05) is 24.8 Å². The molecule has 0 saturated carbocycles. The lowest BCUT2D eigenvalue weighted by molar-refractivity contribution is 0.254. The Morgan fingerprint density at radius 1 is 1.28 bits per heavy atom. The van der Waals surface area contributed by atoms with Gasteiger partial charge in [0.05, 0.1) is 0 Å².